The van der Waals surface area contributed by atoms with E-state index in [0.717, 1.165) is 96.3 Å². The number of rotatable bonds is 50. The smallest absolute Gasteiger partial charge is 0.306 e. The minimum atomic E-state index is -0.787. The van der Waals surface area contributed by atoms with Crippen molar-refractivity contribution >= 4 is 17.9 Å². The molecule has 66 heavy (non-hydrogen) atoms. The fourth-order valence-corrected chi connectivity index (χ4v) is 7.76. The third kappa shape index (κ3) is 51.8. The lowest BCUT2D eigenvalue weighted by molar-refractivity contribution is -0.167. The lowest BCUT2D eigenvalue weighted by Crippen LogP contribution is -2.30. The van der Waals surface area contributed by atoms with Crippen LogP contribution < -0.4 is 0 Å². The summed E-state index contributed by atoms with van der Waals surface area (Å²) in [5, 5.41) is 0. The Morgan fingerprint density at radius 3 is 0.939 bits per heavy atom. The van der Waals surface area contributed by atoms with Crippen LogP contribution in [-0.2, 0) is 28.6 Å². The maximum Gasteiger partial charge on any atom is 0.306 e. The van der Waals surface area contributed by atoms with Crippen molar-refractivity contribution in [2.24, 2.45) is 0 Å². The van der Waals surface area contributed by atoms with Crippen LogP contribution in [0, 0.1) is 0 Å². The van der Waals surface area contributed by atoms with Crippen LogP contribution in [0.2, 0.25) is 0 Å². The van der Waals surface area contributed by atoms with Crippen LogP contribution in [0.1, 0.15) is 271 Å². The maximum absolute atomic E-state index is 12.8. The molecule has 0 aliphatic heterocycles. The summed E-state index contributed by atoms with van der Waals surface area (Å²) in [5.41, 5.74) is 0. The van der Waals surface area contributed by atoms with E-state index in [1.54, 1.807) is 0 Å². The minimum Gasteiger partial charge on any atom is -0.462 e. The average Bonchev–Trinajstić information content (AvgIpc) is 3.31. The standard InChI is InChI=1S/C60H104O6/c1-4-7-10-13-16-19-21-23-24-25-26-27-28-29-30-31-32-33-34-35-36-38-39-41-44-47-50-53-59(62)65-56-57(55-64-58(61)52-49-46-43-18-15-12-9-6-3)66-60(63)54-51-48-45-42-40-37-22-20-17-14-11-8-5-2/h8,11,17,20-21,23,25-26,28-29,37,40,57H,4-7,9-10,12-16,18-19,22,24,27,30-36,38-39,41-56H2,1-3H3/b11-8-,20-17-,23-21-,26-25-,29-28-,40-37-. The third-order valence-corrected chi connectivity index (χ3v) is 11.9. The summed E-state index contributed by atoms with van der Waals surface area (Å²) in [6.07, 6.45) is 69.2. The highest BCUT2D eigenvalue weighted by Gasteiger charge is 2.19. The molecule has 0 amide bonds. The second-order valence-corrected chi connectivity index (χ2v) is 18.5. The molecular formula is C60H104O6. The molecule has 6 heteroatoms. The summed E-state index contributed by atoms with van der Waals surface area (Å²) < 4.78 is 16.7. The van der Waals surface area contributed by atoms with E-state index < -0.39 is 6.10 Å². The number of carbonyl (C=O) groups is 3. The molecule has 0 bridgehead atoms. The van der Waals surface area contributed by atoms with Crippen LogP contribution in [0.3, 0.4) is 0 Å². The van der Waals surface area contributed by atoms with Crippen LogP contribution in [0.4, 0.5) is 0 Å². The topological polar surface area (TPSA) is 78.9 Å². The summed E-state index contributed by atoms with van der Waals surface area (Å²) >= 11 is 0. The van der Waals surface area contributed by atoms with E-state index in [-0.39, 0.29) is 31.1 Å². The molecule has 0 aromatic heterocycles. The molecule has 0 aromatic carbocycles. The van der Waals surface area contributed by atoms with Gasteiger partial charge in [0.1, 0.15) is 13.2 Å². The molecule has 0 spiro atoms. The fourth-order valence-electron chi connectivity index (χ4n) is 7.76. The molecule has 1 atom stereocenters. The zero-order chi connectivity index (χ0) is 47.9. The van der Waals surface area contributed by atoms with Gasteiger partial charge in [0.25, 0.3) is 0 Å². The molecule has 6 nitrogen and oxygen atoms in total. The number of carbonyl (C=O) groups excluding carboxylic acids is 3. The lowest BCUT2D eigenvalue weighted by atomic mass is 10.0. The van der Waals surface area contributed by atoms with Gasteiger partial charge in [-0.15, -0.1) is 0 Å². The number of ether oxygens (including phenoxy) is 3. The first-order valence-electron chi connectivity index (χ1n) is 27.9. The van der Waals surface area contributed by atoms with Gasteiger partial charge in [0.2, 0.25) is 0 Å². The molecule has 0 radical (unpaired) electrons. The van der Waals surface area contributed by atoms with E-state index in [1.807, 2.05) is 0 Å². The van der Waals surface area contributed by atoms with Crippen molar-refractivity contribution in [2.75, 3.05) is 13.2 Å². The number of hydrogen-bond donors (Lipinski definition) is 0. The Labute approximate surface area is 408 Å². The van der Waals surface area contributed by atoms with E-state index >= 15 is 0 Å². The van der Waals surface area contributed by atoms with Gasteiger partial charge in [0.05, 0.1) is 0 Å². The normalized spacial score (nSPS) is 12.6. The Hall–Kier alpha value is -3.15. The van der Waals surface area contributed by atoms with Crippen molar-refractivity contribution in [3.8, 4) is 0 Å². The Balaban J connectivity index is 4.16. The van der Waals surface area contributed by atoms with Gasteiger partial charge in [-0.05, 0) is 89.9 Å². The Kier molecular flexibility index (Phi) is 51.9. The molecule has 0 aromatic rings. The van der Waals surface area contributed by atoms with E-state index in [1.165, 1.54) is 135 Å². The van der Waals surface area contributed by atoms with Crippen molar-refractivity contribution in [2.45, 2.75) is 277 Å². The van der Waals surface area contributed by atoms with Gasteiger partial charge in [-0.3, -0.25) is 14.4 Å². The van der Waals surface area contributed by atoms with Crippen molar-refractivity contribution in [1.29, 1.82) is 0 Å². The molecule has 380 valence electrons. The number of unbranched alkanes of at least 4 members (excludes halogenated alkanes) is 27. The van der Waals surface area contributed by atoms with E-state index in [2.05, 4.69) is 93.7 Å². The summed E-state index contributed by atoms with van der Waals surface area (Å²) in [7, 11) is 0. The van der Waals surface area contributed by atoms with Crippen molar-refractivity contribution < 1.29 is 28.6 Å². The van der Waals surface area contributed by atoms with Crippen LogP contribution in [0.15, 0.2) is 72.9 Å². The molecule has 1 unspecified atom stereocenters. The fraction of sp³-hybridized carbons (Fsp3) is 0.750. The first-order chi connectivity index (χ1) is 32.5. The molecule has 0 fully saturated rings. The molecule has 0 aliphatic rings. The average molecular weight is 921 g/mol. The van der Waals surface area contributed by atoms with Crippen LogP contribution in [0.25, 0.3) is 0 Å². The van der Waals surface area contributed by atoms with Gasteiger partial charge in [0, 0.05) is 19.3 Å². The van der Waals surface area contributed by atoms with Crippen LogP contribution in [-0.4, -0.2) is 37.2 Å². The SMILES string of the molecule is CC/C=C\C/C=C\C/C=C\CCCCCC(=O)OC(COC(=O)CCCCCCCCCC)COC(=O)CCCCCCCCCCCCCC/C=C\C/C=C\C/C=C\CCCCCCC. The Bertz CT molecular complexity index is 1240. The molecule has 0 saturated heterocycles. The predicted octanol–water partition coefficient (Wildman–Crippen LogP) is 18.6. The summed E-state index contributed by atoms with van der Waals surface area (Å²) in [5.74, 6) is -0.919. The third-order valence-electron chi connectivity index (χ3n) is 11.9. The van der Waals surface area contributed by atoms with Gasteiger partial charge in [0.15, 0.2) is 6.10 Å². The number of hydrogen-bond acceptors (Lipinski definition) is 6. The van der Waals surface area contributed by atoms with Crippen LogP contribution in [0.5, 0.6) is 0 Å². The second-order valence-electron chi connectivity index (χ2n) is 18.5. The monoisotopic (exact) mass is 921 g/mol. The van der Waals surface area contributed by atoms with Gasteiger partial charge < -0.3 is 14.2 Å². The molecular weight excluding hydrogens is 817 g/mol. The van der Waals surface area contributed by atoms with Crippen molar-refractivity contribution in [3.63, 3.8) is 0 Å². The molecule has 0 aliphatic carbocycles. The molecule has 0 rings (SSSR count). The molecule has 0 heterocycles. The Morgan fingerprint density at radius 1 is 0.318 bits per heavy atom. The molecule has 0 N–H and O–H groups in total. The lowest BCUT2D eigenvalue weighted by Gasteiger charge is -2.18. The van der Waals surface area contributed by atoms with Crippen molar-refractivity contribution in [1.82, 2.24) is 0 Å². The van der Waals surface area contributed by atoms with Gasteiger partial charge in [-0.1, -0.05) is 235 Å². The highest BCUT2D eigenvalue weighted by molar-refractivity contribution is 5.71. The summed E-state index contributed by atoms with van der Waals surface area (Å²) in [6.45, 7) is 6.46. The highest BCUT2D eigenvalue weighted by Crippen LogP contribution is 2.15. The maximum atomic E-state index is 12.8. The van der Waals surface area contributed by atoms with E-state index in [0.29, 0.717) is 19.3 Å². The molecule has 0 saturated carbocycles. The first-order valence-corrected chi connectivity index (χ1v) is 27.9. The van der Waals surface area contributed by atoms with E-state index in [4.69, 9.17) is 14.2 Å². The summed E-state index contributed by atoms with van der Waals surface area (Å²) in [6, 6.07) is 0. The quantitative estimate of drug-likeness (QED) is 0.0262. The van der Waals surface area contributed by atoms with Crippen molar-refractivity contribution in [3.05, 3.63) is 72.9 Å². The Morgan fingerprint density at radius 2 is 0.591 bits per heavy atom. The predicted molar refractivity (Wildman–Crippen MR) is 284 cm³/mol. The first kappa shape index (κ1) is 62.8. The van der Waals surface area contributed by atoms with Gasteiger partial charge in [-0.2, -0.15) is 0 Å². The van der Waals surface area contributed by atoms with Gasteiger partial charge >= 0.3 is 17.9 Å². The largest absolute Gasteiger partial charge is 0.462 e. The second kappa shape index (κ2) is 54.5. The van der Waals surface area contributed by atoms with Crippen LogP contribution >= 0.6 is 0 Å². The summed E-state index contributed by atoms with van der Waals surface area (Å²) in [4.78, 5) is 37.9. The number of allylic oxidation sites excluding steroid dienone is 12. The highest BCUT2D eigenvalue weighted by atomic mass is 16.6. The number of esters is 3. The minimum absolute atomic E-state index is 0.0864. The van der Waals surface area contributed by atoms with Gasteiger partial charge in [-0.25, -0.2) is 0 Å². The zero-order valence-corrected chi connectivity index (χ0v) is 43.4. The zero-order valence-electron chi connectivity index (χ0n) is 43.4. The van der Waals surface area contributed by atoms with E-state index in [9.17, 15) is 14.4 Å².